The third kappa shape index (κ3) is 3.74. The molecule has 0 spiro atoms. The first-order chi connectivity index (χ1) is 9.06. The number of carbonyl (C=O) groups excluding carboxylic acids is 1. The number of carbonyl (C=O) groups is 1. The molecule has 0 aliphatic heterocycles. The molecule has 0 N–H and O–H groups in total. The average molecular weight is 321 g/mol. The van der Waals surface area contributed by atoms with E-state index in [0.29, 0.717) is 6.42 Å². The van der Waals surface area contributed by atoms with Gasteiger partial charge in [-0.2, -0.15) is 0 Å². The number of Topliss-reactive ketones (excluding diaryl/α,β-unsaturated/α-hetero) is 1. The second-order valence-electron chi connectivity index (χ2n) is 4.54. The van der Waals surface area contributed by atoms with Crippen LogP contribution >= 0.6 is 15.9 Å². The normalized spacial score (nSPS) is 12.2. The third-order valence-electron chi connectivity index (χ3n) is 3.14. The summed E-state index contributed by atoms with van der Waals surface area (Å²) in [4.78, 5) is 12.2. The van der Waals surface area contributed by atoms with E-state index >= 15 is 0 Å². The summed E-state index contributed by atoms with van der Waals surface area (Å²) in [5.74, 6) is -0.366. The highest BCUT2D eigenvalue weighted by molar-refractivity contribution is 9.10. The van der Waals surface area contributed by atoms with Crippen LogP contribution in [0.3, 0.4) is 0 Å². The Morgan fingerprint density at radius 3 is 2.26 bits per heavy atom. The van der Waals surface area contributed by atoms with Gasteiger partial charge in [-0.05, 0) is 35.4 Å². The molecule has 0 amide bonds. The van der Waals surface area contributed by atoms with Crippen molar-refractivity contribution in [2.75, 3.05) is 0 Å². The fourth-order valence-corrected chi connectivity index (χ4v) is 2.16. The van der Waals surface area contributed by atoms with E-state index in [1.807, 2.05) is 31.2 Å². The van der Waals surface area contributed by atoms with Crippen molar-refractivity contribution in [3.05, 3.63) is 69.9 Å². The van der Waals surface area contributed by atoms with E-state index in [-0.39, 0.29) is 17.5 Å². The number of rotatable bonds is 4. The van der Waals surface area contributed by atoms with Gasteiger partial charge in [-0.1, -0.05) is 47.1 Å². The van der Waals surface area contributed by atoms with Crippen molar-refractivity contribution in [1.29, 1.82) is 0 Å². The minimum Gasteiger partial charge on any atom is -0.299 e. The topological polar surface area (TPSA) is 17.1 Å². The first kappa shape index (κ1) is 13.9. The zero-order valence-corrected chi connectivity index (χ0v) is 12.2. The molecule has 3 heteroatoms. The Labute approximate surface area is 120 Å². The lowest BCUT2D eigenvalue weighted by Gasteiger charge is -2.11. The van der Waals surface area contributed by atoms with Crippen molar-refractivity contribution in [3.8, 4) is 0 Å². The van der Waals surface area contributed by atoms with E-state index in [4.69, 9.17) is 0 Å². The van der Waals surface area contributed by atoms with Crippen LogP contribution in [0.4, 0.5) is 4.39 Å². The summed E-state index contributed by atoms with van der Waals surface area (Å²) in [7, 11) is 0. The van der Waals surface area contributed by atoms with Crippen LogP contribution in [-0.4, -0.2) is 5.78 Å². The Bertz CT molecular complexity index is 560. The molecule has 0 fully saturated rings. The quantitative estimate of drug-likeness (QED) is 0.810. The first-order valence-corrected chi connectivity index (χ1v) is 6.88. The van der Waals surface area contributed by atoms with Gasteiger partial charge in [0.25, 0.3) is 0 Å². The van der Waals surface area contributed by atoms with Gasteiger partial charge in [0.05, 0.1) is 0 Å². The van der Waals surface area contributed by atoms with E-state index < -0.39 is 0 Å². The second kappa shape index (κ2) is 6.11. The molecular weight excluding hydrogens is 307 g/mol. The SMILES string of the molecule is C[C@@H](C(=O)Cc1ccc(Br)cc1)c1ccc(F)cc1. The number of ketones is 1. The Morgan fingerprint density at radius 2 is 1.68 bits per heavy atom. The summed E-state index contributed by atoms with van der Waals surface area (Å²) in [5.41, 5.74) is 1.84. The Hall–Kier alpha value is -1.48. The fraction of sp³-hybridized carbons (Fsp3) is 0.188. The van der Waals surface area contributed by atoms with Crippen molar-refractivity contribution in [1.82, 2.24) is 0 Å². The largest absolute Gasteiger partial charge is 0.299 e. The van der Waals surface area contributed by atoms with Crippen LogP contribution in [0.25, 0.3) is 0 Å². The van der Waals surface area contributed by atoms with E-state index in [1.54, 1.807) is 12.1 Å². The summed E-state index contributed by atoms with van der Waals surface area (Å²) < 4.78 is 13.8. The lowest BCUT2D eigenvalue weighted by Crippen LogP contribution is -2.12. The minimum atomic E-state index is -0.281. The molecule has 2 aromatic carbocycles. The molecule has 0 aromatic heterocycles. The molecular formula is C16H14BrFO. The maximum absolute atomic E-state index is 12.8. The highest BCUT2D eigenvalue weighted by Crippen LogP contribution is 2.19. The van der Waals surface area contributed by atoms with E-state index in [1.165, 1.54) is 12.1 Å². The average Bonchev–Trinajstić information content (AvgIpc) is 2.41. The highest BCUT2D eigenvalue weighted by atomic mass is 79.9. The third-order valence-corrected chi connectivity index (χ3v) is 3.67. The summed E-state index contributed by atoms with van der Waals surface area (Å²) >= 11 is 3.36. The maximum Gasteiger partial charge on any atom is 0.144 e. The molecule has 0 bridgehead atoms. The minimum absolute atomic E-state index is 0.133. The predicted octanol–water partition coefficient (Wildman–Crippen LogP) is 4.50. The molecule has 0 aliphatic rings. The van der Waals surface area contributed by atoms with Crippen molar-refractivity contribution in [3.63, 3.8) is 0 Å². The summed E-state index contributed by atoms with van der Waals surface area (Å²) in [6.45, 7) is 1.86. The van der Waals surface area contributed by atoms with Gasteiger partial charge in [-0.25, -0.2) is 4.39 Å². The lowest BCUT2D eigenvalue weighted by atomic mass is 9.93. The molecule has 0 radical (unpaired) electrons. The van der Waals surface area contributed by atoms with Crippen LogP contribution in [0.2, 0.25) is 0 Å². The number of hydrogen-bond acceptors (Lipinski definition) is 1. The Kier molecular flexibility index (Phi) is 4.48. The van der Waals surface area contributed by atoms with Crippen LogP contribution < -0.4 is 0 Å². The Morgan fingerprint density at radius 1 is 1.11 bits per heavy atom. The van der Waals surface area contributed by atoms with Crippen molar-refractivity contribution >= 4 is 21.7 Å². The highest BCUT2D eigenvalue weighted by Gasteiger charge is 2.15. The van der Waals surface area contributed by atoms with E-state index in [0.717, 1.165) is 15.6 Å². The summed E-state index contributed by atoms with van der Waals surface area (Å²) in [6, 6.07) is 13.8. The van der Waals surface area contributed by atoms with Gasteiger partial charge in [-0.3, -0.25) is 4.79 Å². The van der Waals surface area contributed by atoms with Gasteiger partial charge in [0.2, 0.25) is 0 Å². The molecule has 1 atom stereocenters. The molecule has 98 valence electrons. The molecule has 0 heterocycles. The zero-order valence-electron chi connectivity index (χ0n) is 10.6. The van der Waals surface area contributed by atoms with Crippen molar-refractivity contribution in [2.45, 2.75) is 19.3 Å². The van der Waals surface area contributed by atoms with Crippen LogP contribution in [0, 0.1) is 5.82 Å². The molecule has 0 unspecified atom stereocenters. The molecule has 0 saturated carbocycles. The standard InChI is InChI=1S/C16H14BrFO/c1-11(13-4-8-15(18)9-5-13)16(19)10-12-2-6-14(17)7-3-12/h2-9,11H,10H2,1H3/t11-/m1/s1. The predicted molar refractivity (Wildman–Crippen MR) is 77.7 cm³/mol. The van der Waals surface area contributed by atoms with Gasteiger partial charge in [0.15, 0.2) is 0 Å². The fourth-order valence-electron chi connectivity index (χ4n) is 1.89. The van der Waals surface area contributed by atoms with E-state index in [9.17, 15) is 9.18 Å². The van der Waals surface area contributed by atoms with Gasteiger partial charge < -0.3 is 0 Å². The van der Waals surface area contributed by atoms with Crippen LogP contribution in [0.15, 0.2) is 53.0 Å². The van der Waals surface area contributed by atoms with Gasteiger partial charge >= 0.3 is 0 Å². The first-order valence-electron chi connectivity index (χ1n) is 6.09. The number of hydrogen-bond donors (Lipinski definition) is 0. The number of halogens is 2. The molecule has 2 aromatic rings. The zero-order chi connectivity index (χ0) is 13.8. The summed E-state index contributed by atoms with van der Waals surface area (Å²) in [5, 5.41) is 0. The maximum atomic E-state index is 12.8. The molecule has 2 rings (SSSR count). The van der Waals surface area contributed by atoms with Crippen LogP contribution in [-0.2, 0) is 11.2 Å². The monoisotopic (exact) mass is 320 g/mol. The van der Waals surface area contributed by atoms with Crippen LogP contribution in [0.1, 0.15) is 24.0 Å². The van der Waals surface area contributed by atoms with Crippen LogP contribution in [0.5, 0.6) is 0 Å². The number of benzene rings is 2. The molecule has 19 heavy (non-hydrogen) atoms. The second-order valence-corrected chi connectivity index (χ2v) is 5.46. The molecule has 0 aliphatic carbocycles. The van der Waals surface area contributed by atoms with Crippen molar-refractivity contribution in [2.24, 2.45) is 0 Å². The summed E-state index contributed by atoms with van der Waals surface area (Å²) in [6.07, 6.45) is 0.395. The smallest absolute Gasteiger partial charge is 0.144 e. The van der Waals surface area contributed by atoms with Gasteiger partial charge in [0, 0.05) is 16.8 Å². The van der Waals surface area contributed by atoms with E-state index in [2.05, 4.69) is 15.9 Å². The lowest BCUT2D eigenvalue weighted by molar-refractivity contribution is -0.119. The van der Waals surface area contributed by atoms with Gasteiger partial charge in [0.1, 0.15) is 11.6 Å². The molecule has 1 nitrogen and oxygen atoms in total. The van der Waals surface area contributed by atoms with Gasteiger partial charge in [-0.15, -0.1) is 0 Å². The Balaban J connectivity index is 2.07. The molecule has 0 saturated heterocycles. The van der Waals surface area contributed by atoms with Crippen molar-refractivity contribution < 1.29 is 9.18 Å².